The molecule has 1 amide bonds. The normalized spacial score (nSPS) is 21.7. The Morgan fingerprint density at radius 1 is 1.08 bits per heavy atom. The number of H-pyrrole nitrogens is 1. The predicted molar refractivity (Wildman–Crippen MR) is 150 cm³/mol. The number of aliphatic hydroxyl groups excluding tert-OH is 1. The number of fused-ring (bicyclic) bond motifs is 3. The number of aromatic amines is 1. The number of aromatic nitrogens is 3. The standard InChI is InChI=1S/C31H35N5O2/c1-19(2)15-29(28-5-3-4-14-32-28)33-31(38)21-8-13-27-26(16-21)30(35-34-27)20-6-9-22(10-7-20)36-23-11-12-24(36)18-25(37)17-23/h3-10,13-14,16,19,23-25,29,37H,11-12,15,17-18H2,1-2H3,(H,33,38)(H,34,35)/t23-,24+,25+,29-/m1/s1. The summed E-state index contributed by atoms with van der Waals surface area (Å²) in [5, 5.41) is 22.0. The summed E-state index contributed by atoms with van der Waals surface area (Å²) >= 11 is 0. The number of anilines is 1. The van der Waals surface area contributed by atoms with E-state index in [0.29, 0.717) is 23.6 Å². The first-order valence-corrected chi connectivity index (χ1v) is 13.7. The number of carbonyl (C=O) groups excluding carboxylic acids is 1. The SMILES string of the molecule is CC(C)C[C@@H](NC(=O)c1ccc2[nH]nc(-c3ccc(N4[C@@H]5CC[C@H]4C[C@@H](O)C5)cc3)c2c1)c1ccccn1. The molecule has 4 atom stereocenters. The molecule has 0 unspecified atom stereocenters. The number of nitrogens with zero attached hydrogens (tertiary/aromatic N) is 3. The average molecular weight is 510 g/mol. The fraction of sp³-hybridized carbons (Fsp3) is 0.387. The number of hydrogen-bond acceptors (Lipinski definition) is 5. The summed E-state index contributed by atoms with van der Waals surface area (Å²) in [6, 6.07) is 20.7. The number of nitrogens with one attached hydrogen (secondary N) is 2. The molecule has 7 nitrogen and oxygen atoms in total. The van der Waals surface area contributed by atoms with E-state index >= 15 is 0 Å². The summed E-state index contributed by atoms with van der Waals surface area (Å²) in [7, 11) is 0. The van der Waals surface area contributed by atoms with E-state index in [2.05, 4.69) is 63.5 Å². The van der Waals surface area contributed by atoms with E-state index in [0.717, 1.165) is 60.0 Å². The Balaban J connectivity index is 1.24. The smallest absolute Gasteiger partial charge is 0.251 e. The fourth-order valence-electron chi connectivity index (χ4n) is 6.29. The van der Waals surface area contributed by atoms with Gasteiger partial charge in [-0.2, -0.15) is 5.10 Å². The van der Waals surface area contributed by atoms with Crippen molar-refractivity contribution < 1.29 is 9.90 Å². The van der Waals surface area contributed by atoms with Crippen LogP contribution in [0.4, 0.5) is 5.69 Å². The van der Waals surface area contributed by atoms with E-state index in [1.165, 1.54) is 5.69 Å². The first-order chi connectivity index (χ1) is 18.5. The summed E-state index contributed by atoms with van der Waals surface area (Å²) in [4.78, 5) is 20.3. The molecule has 2 aliphatic rings. The van der Waals surface area contributed by atoms with Gasteiger partial charge in [0, 0.05) is 40.5 Å². The zero-order valence-electron chi connectivity index (χ0n) is 22.0. The van der Waals surface area contributed by atoms with Gasteiger partial charge in [0.15, 0.2) is 0 Å². The second-order valence-corrected chi connectivity index (χ2v) is 11.2. The van der Waals surface area contributed by atoms with Crippen molar-refractivity contribution in [3.05, 3.63) is 78.1 Å². The second kappa shape index (κ2) is 10.2. The Morgan fingerprint density at radius 2 is 1.84 bits per heavy atom. The van der Waals surface area contributed by atoms with Crippen molar-refractivity contribution in [1.82, 2.24) is 20.5 Å². The maximum Gasteiger partial charge on any atom is 0.251 e. The lowest BCUT2D eigenvalue weighted by atomic mass is 9.98. The quantitative estimate of drug-likeness (QED) is 0.300. The highest BCUT2D eigenvalue weighted by Gasteiger charge is 2.40. The molecule has 3 N–H and O–H groups in total. The van der Waals surface area contributed by atoms with Gasteiger partial charge in [-0.15, -0.1) is 0 Å². The highest BCUT2D eigenvalue weighted by Crippen LogP contribution is 2.40. The molecule has 2 aliphatic heterocycles. The molecule has 38 heavy (non-hydrogen) atoms. The Bertz CT molecular complexity index is 1400. The summed E-state index contributed by atoms with van der Waals surface area (Å²) in [5.74, 6) is 0.298. The van der Waals surface area contributed by atoms with Crippen molar-refractivity contribution in [2.24, 2.45) is 5.92 Å². The van der Waals surface area contributed by atoms with Crippen LogP contribution in [0.25, 0.3) is 22.2 Å². The van der Waals surface area contributed by atoms with Crippen LogP contribution in [0.15, 0.2) is 66.9 Å². The first kappa shape index (κ1) is 24.6. The van der Waals surface area contributed by atoms with E-state index in [9.17, 15) is 9.90 Å². The summed E-state index contributed by atoms with van der Waals surface area (Å²) in [6.07, 6.45) is 6.41. The molecule has 2 bridgehead atoms. The maximum absolute atomic E-state index is 13.3. The van der Waals surface area contributed by atoms with E-state index in [4.69, 9.17) is 0 Å². The topological polar surface area (TPSA) is 94.1 Å². The van der Waals surface area contributed by atoms with Gasteiger partial charge in [-0.25, -0.2) is 0 Å². The largest absolute Gasteiger partial charge is 0.393 e. The van der Waals surface area contributed by atoms with Crippen LogP contribution in [-0.4, -0.2) is 44.4 Å². The van der Waals surface area contributed by atoms with Gasteiger partial charge in [0.2, 0.25) is 0 Å². The van der Waals surface area contributed by atoms with E-state index < -0.39 is 0 Å². The minimum absolute atomic E-state index is 0.117. The second-order valence-electron chi connectivity index (χ2n) is 11.2. The molecule has 0 saturated carbocycles. The summed E-state index contributed by atoms with van der Waals surface area (Å²) in [5.41, 5.74) is 5.42. The van der Waals surface area contributed by atoms with Crippen LogP contribution < -0.4 is 10.2 Å². The molecule has 7 heteroatoms. The number of piperidine rings is 1. The van der Waals surface area contributed by atoms with Gasteiger partial charge in [0.1, 0.15) is 0 Å². The molecule has 4 heterocycles. The fourth-order valence-corrected chi connectivity index (χ4v) is 6.29. The van der Waals surface area contributed by atoms with Crippen LogP contribution in [0.1, 0.15) is 68.0 Å². The molecule has 6 rings (SSSR count). The van der Waals surface area contributed by atoms with Crippen molar-refractivity contribution in [2.75, 3.05) is 4.90 Å². The van der Waals surface area contributed by atoms with Gasteiger partial charge in [-0.1, -0.05) is 32.0 Å². The monoisotopic (exact) mass is 509 g/mol. The Hall–Kier alpha value is -3.71. The van der Waals surface area contributed by atoms with Crippen LogP contribution >= 0.6 is 0 Å². The van der Waals surface area contributed by atoms with E-state index in [-0.39, 0.29) is 18.1 Å². The molecular formula is C31H35N5O2. The van der Waals surface area contributed by atoms with Crippen LogP contribution in [0.5, 0.6) is 0 Å². The average Bonchev–Trinajstić information content (AvgIpc) is 3.46. The molecule has 196 valence electrons. The van der Waals surface area contributed by atoms with Crippen LogP contribution in [0.3, 0.4) is 0 Å². The zero-order chi connectivity index (χ0) is 26.2. The minimum Gasteiger partial charge on any atom is -0.393 e. The highest BCUT2D eigenvalue weighted by atomic mass is 16.3. The number of benzene rings is 2. The lowest BCUT2D eigenvalue weighted by Gasteiger charge is -2.39. The number of aliphatic hydroxyl groups is 1. The predicted octanol–water partition coefficient (Wildman–Crippen LogP) is 5.63. The molecule has 2 aromatic carbocycles. The number of rotatable bonds is 7. The number of pyridine rings is 1. The lowest BCUT2D eigenvalue weighted by Crippen LogP contribution is -2.44. The van der Waals surface area contributed by atoms with Crippen molar-refractivity contribution in [3.63, 3.8) is 0 Å². The van der Waals surface area contributed by atoms with E-state index in [1.54, 1.807) is 6.20 Å². The molecule has 2 aromatic heterocycles. The Morgan fingerprint density at radius 3 is 2.53 bits per heavy atom. The van der Waals surface area contributed by atoms with Gasteiger partial charge < -0.3 is 15.3 Å². The van der Waals surface area contributed by atoms with Gasteiger partial charge >= 0.3 is 0 Å². The molecule has 0 aliphatic carbocycles. The summed E-state index contributed by atoms with van der Waals surface area (Å²) in [6.45, 7) is 4.30. The Kier molecular flexibility index (Phi) is 6.62. The molecule has 0 radical (unpaired) electrons. The maximum atomic E-state index is 13.3. The zero-order valence-corrected chi connectivity index (χ0v) is 22.0. The number of amides is 1. The van der Waals surface area contributed by atoms with Crippen molar-refractivity contribution in [1.29, 1.82) is 0 Å². The molecule has 2 fully saturated rings. The number of carbonyl (C=O) groups is 1. The molecule has 4 aromatic rings. The lowest BCUT2D eigenvalue weighted by molar-refractivity contribution is 0.0931. The van der Waals surface area contributed by atoms with Crippen LogP contribution in [-0.2, 0) is 0 Å². The third-order valence-corrected chi connectivity index (χ3v) is 8.03. The first-order valence-electron chi connectivity index (χ1n) is 13.7. The number of hydrogen-bond donors (Lipinski definition) is 3. The molecule has 0 spiro atoms. The van der Waals surface area contributed by atoms with Crippen molar-refractivity contribution in [2.45, 2.75) is 70.2 Å². The van der Waals surface area contributed by atoms with Crippen LogP contribution in [0, 0.1) is 5.92 Å². The van der Waals surface area contributed by atoms with Gasteiger partial charge in [0.25, 0.3) is 5.91 Å². The van der Waals surface area contributed by atoms with Crippen molar-refractivity contribution in [3.8, 4) is 11.3 Å². The third-order valence-electron chi connectivity index (χ3n) is 8.03. The Labute approximate surface area is 223 Å². The van der Waals surface area contributed by atoms with Gasteiger partial charge in [0.05, 0.1) is 29.1 Å². The third kappa shape index (κ3) is 4.78. The van der Waals surface area contributed by atoms with Crippen molar-refractivity contribution >= 4 is 22.5 Å². The summed E-state index contributed by atoms with van der Waals surface area (Å²) < 4.78 is 0. The van der Waals surface area contributed by atoms with E-state index in [1.807, 2.05) is 36.4 Å². The molecular weight excluding hydrogens is 474 g/mol. The highest BCUT2D eigenvalue weighted by molar-refractivity contribution is 6.01. The van der Waals surface area contributed by atoms with Gasteiger partial charge in [-0.3, -0.25) is 14.9 Å². The van der Waals surface area contributed by atoms with Crippen LogP contribution in [0.2, 0.25) is 0 Å². The molecule has 2 saturated heterocycles. The minimum atomic E-state index is -0.172. The van der Waals surface area contributed by atoms with Gasteiger partial charge in [-0.05, 0) is 80.5 Å².